The fourth-order valence-electron chi connectivity index (χ4n) is 2.12. The fourth-order valence-corrected chi connectivity index (χ4v) is 2.25. The van der Waals surface area contributed by atoms with Crippen LogP contribution in [-0.2, 0) is 12.8 Å². The van der Waals surface area contributed by atoms with Gasteiger partial charge in [0.25, 0.3) is 0 Å². The molecule has 0 aromatic heterocycles. The third kappa shape index (κ3) is 4.29. The molecule has 0 aliphatic carbocycles. The Morgan fingerprint density at radius 3 is 2.25 bits per heavy atom. The van der Waals surface area contributed by atoms with E-state index in [2.05, 4.69) is 30.4 Å². The van der Waals surface area contributed by atoms with Gasteiger partial charge in [0, 0.05) is 16.8 Å². The van der Waals surface area contributed by atoms with Crippen molar-refractivity contribution in [3.63, 3.8) is 0 Å². The van der Waals surface area contributed by atoms with E-state index in [0.717, 1.165) is 22.7 Å². The molecule has 20 heavy (non-hydrogen) atoms. The SMILES string of the molecule is CC(Cc1ccc(Cl)cc1)Nc1ccc(CC#N)cc1. The molecular weight excluding hydrogens is 268 g/mol. The predicted octanol–water partition coefficient (Wildman–Crippen LogP) is 4.45. The first kappa shape index (κ1) is 14.4. The molecule has 2 nitrogen and oxygen atoms in total. The maximum absolute atomic E-state index is 8.64. The number of rotatable bonds is 5. The van der Waals surface area contributed by atoms with E-state index in [4.69, 9.17) is 16.9 Å². The number of nitriles is 1. The van der Waals surface area contributed by atoms with Gasteiger partial charge in [-0.05, 0) is 48.7 Å². The van der Waals surface area contributed by atoms with Crippen molar-refractivity contribution in [2.45, 2.75) is 25.8 Å². The topological polar surface area (TPSA) is 35.8 Å². The van der Waals surface area contributed by atoms with E-state index in [1.807, 2.05) is 36.4 Å². The van der Waals surface area contributed by atoms with Crippen molar-refractivity contribution >= 4 is 17.3 Å². The van der Waals surface area contributed by atoms with E-state index < -0.39 is 0 Å². The summed E-state index contributed by atoms with van der Waals surface area (Å²) in [4.78, 5) is 0. The molecule has 0 aliphatic rings. The summed E-state index contributed by atoms with van der Waals surface area (Å²) < 4.78 is 0. The van der Waals surface area contributed by atoms with E-state index in [1.165, 1.54) is 5.56 Å². The van der Waals surface area contributed by atoms with Gasteiger partial charge in [0.2, 0.25) is 0 Å². The molecule has 1 atom stereocenters. The molecule has 102 valence electrons. The van der Waals surface area contributed by atoms with Gasteiger partial charge in [-0.2, -0.15) is 5.26 Å². The summed E-state index contributed by atoms with van der Waals surface area (Å²) in [5.74, 6) is 0. The zero-order valence-corrected chi connectivity index (χ0v) is 12.2. The summed E-state index contributed by atoms with van der Waals surface area (Å²) >= 11 is 5.88. The Bertz CT molecular complexity index is 582. The van der Waals surface area contributed by atoms with Crippen LogP contribution >= 0.6 is 11.6 Å². The van der Waals surface area contributed by atoms with Gasteiger partial charge in [0.1, 0.15) is 0 Å². The van der Waals surface area contributed by atoms with E-state index in [0.29, 0.717) is 12.5 Å². The highest BCUT2D eigenvalue weighted by molar-refractivity contribution is 6.30. The molecule has 2 aromatic carbocycles. The summed E-state index contributed by atoms with van der Waals surface area (Å²) in [5.41, 5.74) is 3.38. The standard InChI is InChI=1S/C17H17ClN2/c1-13(12-15-2-6-16(18)7-3-15)20-17-8-4-14(5-9-17)10-11-19/h2-9,13,20H,10,12H2,1H3. The van der Waals surface area contributed by atoms with Crippen LogP contribution in [0.25, 0.3) is 0 Å². The summed E-state index contributed by atoms with van der Waals surface area (Å²) in [5, 5.41) is 12.9. The molecule has 0 bridgehead atoms. The average Bonchev–Trinajstić information content (AvgIpc) is 2.44. The van der Waals surface area contributed by atoms with Crippen molar-refractivity contribution in [1.29, 1.82) is 5.26 Å². The van der Waals surface area contributed by atoms with E-state index >= 15 is 0 Å². The zero-order valence-electron chi connectivity index (χ0n) is 11.4. The van der Waals surface area contributed by atoms with Gasteiger partial charge in [-0.3, -0.25) is 0 Å². The van der Waals surface area contributed by atoms with Crippen LogP contribution in [0.5, 0.6) is 0 Å². The van der Waals surface area contributed by atoms with Crippen molar-refractivity contribution < 1.29 is 0 Å². The van der Waals surface area contributed by atoms with Gasteiger partial charge in [0.15, 0.2) is 0 Å². The Kier molecular flexibility index (Phi) is 5.03. The van der Waals surface area contributed by atoms with Gasteiger partial charge in [-0.1, -0.05) is 35.9 Å². The second kappa shape index (κ2) is 6.98. The van der Waals surface area contributed by atoms with Gasteiger partial charge in [-0.15, -0.1) is 0 Å². The maximum Gasteiger partial charge on any atom is 0.0669 e. The minimum Gasteiger partial charge on any atom is -0.382 e. The normalized spacial score (nSPS) is 11.7. The first-order valence-electron chi connectivity index (χ1n) is 6.64. The molecule has 0 spiro atoms. The van der Waals surface area contributed by atoms with Gasteiger partial charge in [0.05, 0.1) is 12.5 Å². The highest BCUT2D eigenvalue weighted by Gasteiger charge is 2.04. The largest absolute Gasteiger partial charge is 0.382 e. The van der Waals surface area contributed by atoms with Crippen molar-refractivity contribution in [1.82, 2.24) is 0 Å². The molecule has 0 radical (unpaired) electrons. The molecule has 0 saturated heterocycles. The van der Waals surface area contributed by atoms with Crippen LogP contribution in [-0.4, -0.2) is 6.04 Å². The molecule has 0 aliphatic heterocycles. The Morgan fingerprint density at radius 2 is 1.65 bits per heavy atom. The van der Waals surface area contributed by atoms with Crippen molar-refractivity contribution in [3.8, 4) is 6.07 Å². The molecule has 0 fully saturated rings. The zero-order chi connectivity index (χ0) is 14.4. The Morgan fingerprint density at radius 1 is 1.05 bits per heavy atom. The van der Waals surface area contributed by atoms with Crippen molar-refractivity contribution in [2.75, 3.05) is 5.32 Å². The maximum atomic E-state index is 8.64. The number of halogens is 1. The summed E-state index contributed by atoms with van der Waals surface area (Å²) in [6.07, 6.45) is 1.40. The lowest BCUT2D eigenvalue weighted by Crippen LogP contribution is -2.17. The Balaban J connectivity index is 1.92. The second-order valence-electron chi connectivity index (χ2n) is 4.91. The first-order valence-corrected chi connectivity index (χ1v) is 7.02. The van der Waals surface area contributed by atoms with Crippen molar-refractivity contribution in [2.24, 2.45) is 0 Å². The van der Waals surface area contributed by atoms with E-state index in [9.17, 15) is 0 Å². The molecule has 2 rings (SSSR count). The molecule has 0 amide bonds. The van der Waals surface area contributed by atoms with Crippen LogP contribution in [0.1, 0.15) is 18.1 Å². The number of hydrogen-bond donors (Lipinski definition) is 1. The second-order valence-corrected chi connectivity index (χ2v) is 5.34. The highest BCUT2D eigenvalue weighted by atomic mass is 35.5. The minimum atomic E-state index is 0.331. The smallest absolute Gasteiger partial charge is 0.0669 e. The molecule has 3 heteroatoms. The van der Waals surface area contributed by atoms with Crippen LogP contribution in [0.15, 0.2) is 48.5 Å². The lowest BCUT2D eigenvalue weighted by molar-refractivity contribution is 0.790. The molecule has 0 heterocycles. The number of hydrogen-bond acceptors (Lipinski definition) is 2. The summed E-state index contributed by atoms with van der Waals surface area (Å²) in [6, 6.07) is 18.4. The van der Waals surface area contributed by atoms with Crippen LogP contribution < -0.4 is 5.32 Å². The van der Waals surface area contributed by atoms with Gasteiger partial charge < -0.3 is 5.32 Å². The molecule has 1 unspecified atom stereocenters. The number of nitrogens with one attached hydrogen (secondary N) is 1. The number of benzene rings is 2. The molecule has 1 N–H and O–H groups in total. The summed E-state index contributed by atoms with van der Waals surface area (Å²) in [6.45, 7) is 2.15. The monoisotopic (exact) mass is 284 g/mol. The minimum absolute atomic E-state index is 0.331. The van der Waals surface area contributed by atoms with Crippen LogP contribution in [0.3, 0.4) is 0 Å². The van der Waals surface area contributed by atoms with Crippen LogP contribution in [0, 0.1) is 11.3 Å². The van der Waals surface area contributed by atoms with E-state index in [-0.39, 0.29) is 0 Å². The Labute approximate surface area is 125 Å². The van der Waals surface area contributed by atoms with Gasteiger partial charge >= 0.3 is 0 Å². The fraction of sp³-hybridized carbons (Fsp3) is 0.235. The first-order chi connectivity index (χ1) is 9.67. The van der Waals surface area contributed by atoms with Gasteiger partial charge in [-0.25, -0.2) is 0 Å². The third-order valence-corrected chi connectivity index (χ3v) is 3.36. The molecular formula is C17H17ClN2. The van der Waals surface area contributed by atoms with Crippen molar-refractivity contribution in [3.05, 3.63) is 64.7 Å². The predicted molar refractivity (Wildman–Crippen MR) is 84.0 cm³/mol. The number of anilines is 1. The quantitative estimate of drug-likeness (QED) is 0.880. The highest BCUT2D eigenvalue weighted by Crippen LogP contribution is 2.15. The number of nitrogens with zero attached hydrogens (tertiary/aromatic N) is 1. The Hall–Kier alpha value is -1.98. The summed E-state index contributed by atoms with van der Waals surface area (Å²) in [7, 11) is 0. The molecule has 2 aromatic rings. The lowest BCUT2D eigenvalue weighted by Gasteiger charge is -2.15. The van der Waals surface area contributed by atoms with Crippen LogP contribution in [0.2, 0.25) is 5.02 Å². The lowest BCUT2D eigenvalue weighted by atomic mass is 10.1. The van der Waals surface area contributed by atoms with E-state index in [1.54, 1.807) is 0 Å². The molecule has 0 saturated carbocycles. The average molecular weight is 285 g/mol. The third-order valence-electron chi connectivity index (χ3n) is 3.11. The van der Waals surface area contributed by atoms with Crippen LogP contribution in [0.4, 0.5) is 5.69 Å².